The molecule has 0 saturated carbocycles. The molecule has 1 atom stereocenters. The minimum Gasteiger partial charge on any atom is -0.342 e. The number of piperidine rings is 1. The molecule has 2 aliphatic heterocycles. The van der Waals surface area contributed by atoms with E-state index in [-0.39, 0.29) is 37.8 Å². The lowest BCUT2D eigenvalue weighted by atomic mass is 10.0. The van der Waals surface area contributed by atoms with Gasteiger partial charge < -0.3 is 9.80 Å². The van der Waals surface area contributed by atoms with Crippen molar-refractivity contribution >= 4 is 5.91 Å². The minimum absolute atomic E-state index is 0.0372. The van der Waals surface area contributed by atoms with Gasteiger partial charge in [0, 0.05) is 39.0 Å². The van der Waals surface area contributed by atoms with Crippen LogP contribution in [0.2, 0.25) is 0 Å². The first kappa shape index (κ1) is 15.3. The van der Waals surface area contributed by atoms with Crippen molar-refractivity contribution in [3.05, 3.63) is 12.4 Å². The lowest BCUT2D eigenvalue weighted by Gasteiger charge is -2.33. The van der Waals surface area contributed by atoms with Crippen LogP contribution in [0, 0.1) is 5.92 Å². The highest BCUT2D eigenvalue weighted by Gasteiger charge is 2.38. The zero-order chi connectivity index (χ0) is 15.6. The number of hydrogen-bond acceptors (Lipinski definition) is 4. The summed E-state index contributed by atoms with van der Waals surface area (Å²) in [5, 5.41) is 8.10. The quantitative estimate of drug-likeness (QED) is 0.827. The number of aromatic nitrogens is 3. The third kappa shape index (κ3) is 3.60. The Balaban J connectivity index is 1.45. The second-order valence-corrected chi connectivity index (χ2v) is 6.09. The van der Waals surface area contributed by atoms with Gasteiger partial charge in [0.25, 0.3) is 5.92 Å². The fourth-order valence-electron chi connectivity index (χ4n) is 3.14. The van der Waals surface area contributed by atoms with Crippen LogP contribution in [-0.2, 0) is 11.3 Å². The van der Waals surface area contributed by atoms with Gasteiger partial charge in [-0.1, -0.05) is 0 Å². The highest BCUT2D eigenvalue weighted by molar-refractivity contribution is 5.79. The summed E-state index contributed by atoms with van der Waals surface area (Å²) in [6.45, 7) is 3.42. The molecule has 0 spiro atoms. The summed E-state index contributed by atoms with van der Waals surface area (Å²) in [6, 6.07) is 0. The van der Waals surface area contributed by atoms with Gasteiger partial charge in [-0.15, -0.1) is 0 Å². The van der Waals surface area contributed by atoms with Crippen LogP contribution in [0.4, 0.5) is 8.78 Å². The van der Waals surface area contributed by atoms with Gasteiger partial charge in [-0.3, -0.25) is 4.79 Å². The molecule has 6 nitrogen and oxygen atoms in total. The number of carbonyl (C=O) groups is 1. The molecule has 8 heteroatoms. The summed E-state index contributed by atoms with van der Waals surface area (Å²) in [7, 11) is 0. The van der Waals surface area contributed by atoms with Crippen LogP contribution in [0.1, 0.15) is 19.3 Å². The predicted molar refractivity (Wildman–Crippen MR) is 75.3 cm³/mol. The number of carbonyl (C=O) groups excluding carboxylic acids is 1. The van der Waals surface area contributed by atoms with Crippen LogP contribution >= 0.6 is 0 Å². The molecule has 3 rings (SSSR count). The molecular weight excluding hydrogens is 292 g/mol. The Bertz CT molecular complexity index is 497. The third-order valence-corrected chi connectivity index (χ3v) is 4.51. The molecule has 1 aromatic rings. The highest BCUT2D eigenvalue weighted by atomic mass is 19.3. The number of alkyl halides is 2. The number of rotatable bonds is 4. The van der Waals surface area contributed by atoms with E-state index in [1.54, 1.807) is 22.1 Å². The molecule has 122 valence electrons. The van der Waals surface area contributed by atoms with Crippen LogP contribution in [0.5, 0.6) is 0 Å². The molecule has 22 heavy (non-hydrogen) atoms. The van der Waals surface area contributed by atoms with E-state index in [0.29, 0.717) is 13.1 Å². The lowest BCUT2D eigenvalue weighted by molar-refractivity contribution is -0.141. The van der Waals surface area contributed by atoms with E-state index in [0.717, 1.165) is 19.5 Å². The zero-order valence-corrected chi connectivity index (χ0v) is 12.5. The van der Waals surface area contributed by atoms with Crippen molar-refractivity contribution in [3.8, 4) is 0 Å². The number of likely N-dealkylation sites (tertiary alicyclic amines) is 2. The van der Waals surface area contributed by atoms with Gasteiger partial charge >= 0.3 is 0 Å². The molecule has 0 radical (unpaired) electrons. The first-order chi connectivity index (χ1) is 10.5. The number of amides is 1. The van der Waals surface area contributed by atoms with Crippen LogP contribution in [0.25, 0.3) is 0 Å². The molecule has 2 aliphatic rings. The van der Waals surface area contributed by atoms with Crippen molar-refractivity contribution in [2.45, 2.75) is 31.7 Å². The monoisotopic (exact) mass is 313 g/mol. The summed E-state index contributed by atoms with van der Waals surface area (Å²) >= 11 is 0. The van der Waals surface area contributed by atoms with Gasteiger partial charge in [-0.05, 0) is 13.0 Å². The molecule has 0 aliphatic carbocycles. The van der Waals surface area contributed by atoms with E-state index in [9.17, 15) is 13.6 Å². The van der Waals surface area contributed by atoms with Gasteiger partial charge in [0.1, 0.15) is 0 Å². The normalized spacial score (nSPS) is 25.5. The van der Waals surface area contributed by atoms with Crippen molar-refractivity contribution in [1.29, 1.82) is 0 Å². The zero-order valence-electron chi connectivity index (χ0n) is 12.5. The largest absolute Gasteiger partial charge is 0.342 e. The lowest BCUT2D eigenvalue weighted by Crippen LogP contribution is -2.45. The Morgan fingerprint density at radius 3 is 2.50 bits per heavy atom. The molecule has 1 unspecified atom stereocenters. The second kappa shape index (κ2) is 6.28. The number of nitrogens with zero attached hydrogens (tertiary/aromatic N) is 5. The van der Waals surface area contributed by atoms with Crippen LogP contribution in [0.15, 0.2) is 12.4 Å². The maximum absolute atomic E-state index is 13.2. The maximum atomic E-state index is 13.2. The first-order valence-electron chi connectivity index (χ1n) is 7.77. The van der Waals surface area contributed by atoms with Crippen molar-refractivity contribution in [1.82, 2.24) is 24.8 Å². The minimum atomic E-state index is -2.60. The topological polar surface area (TPSA) is 54.3 Å². The van der Waals surface area contributed by atoms with Gasteiger partial charge in [0.05, 0.1) is 24.9 Å². The summed E-state index contributed by atoms with van der Waals surface area (Å²) in [5.41, 5.74) is 0. The Hall–Kier alpha value is -1.57. The van der Waals surface area contributed by atoms with Crippen molar-refractivity contribution in [2.75, 3.05) is 32.7 Å². The van der Waals surface area contributed by atoms with Gasteiger partial charge in [-0.25, -0.2) is 8.78 Å². The van der Waals surface area contributed by atoms with E-state index in [1.807, 2.05) is 0 Å². The number of hydrogen-bond donors (Lipinski definition) is 0. The summed E-state index contributed by atoms with van der Waals surface area (Å²) in [4.78, 5) is 17.9. The molecule has 1 amide bonds. The standard InChI is InChI=1S/C14H21F2N5O/c15-14(16)2-7-20(8-3-14)13(22)12-1-6-19(11-12)9-10-21-17-4-5-18-21/h4-5,12H,1-3,6-11H2. The molecule has 1 aromatic heterocycles. The first-order valence-corrected chi connectivity index (χ1v) is 7.77. The highest BCUT2D eigenvalue weighted by Crippen LogP contribution is 2.29. The Kier molecular flexibility index (Phi) is 4.37. The van der Waals surface area contributed by atoms with Crippen LogP contribution < -0.4 is 0 Å². The maximum Gasteiger partial charge on any atom is 0.251 e. The molecule has 3 heterocycles. The molecule has 0 N–H and O–H groups in total. The Morgan fingerprint density at radius 2 is 1.82 bits per heavy atom. The fourth-order valence-corrected chi connectivity index (χ4v) is 3.14. The SMILES string of the molecule is O=C(C1CCN(CCn2nccn2)C1)N1CCC(F)(F)CC1. The third-order valence-electron chi connectivity index (χ3n) is 4.51. The predicted octanol–water partition coefficient (Wildman–Crippen LogP) is 0.858. The van der Waals surface area contributed by atoms with Gasteiger partial charge in [-0.2, -0.15) is 15.0 Å². The average molecular weight is 313 g/mol. The van der Waals surface area contributed by atoms with Gasteiger partial charge in [0.15, 0.2) is 0 Å². The Morgan fingerprint density at radius 1 is 1.14 bits per heavy atom. The molecule has 2 saturated heterocycles. The number of halogens is 2. The average Bonchev–Trinajstić information content (AvgIpc) is 3.16. The van der Waals surface area contributed by atoms with Crippen molar-refractivity contribution in [3.63, 3.8) is 0 Å². The van der Waals surface area contributed by atoms with Gasteiger partial charge in [0.2, 0.25) is 5.91 Å². The fraction of sp³-hybridized carbons (Fsp3) is 0.786. The summed E-state index contributed by atoms with van der Waals surface area (Å²) in [5.74, 6) is -2.62. The Labute approximate surface area is 128 Å². The van der Waals surface area contributed by atoms with E-state index < -0.39 is 5.92 Å². The van der Waals surface area contributed by atoms with E-state index in [1.165, 1.54) is 0 Å². The molecule has 0 aromatic carbocycles. The second-order valence-electron chi connectivity index (χ2n) is 6.09. The molecule has 0 bridgehead atoms. The summed E-state index contributed by atoms with van der Waals surface area (Å²) in [6.07, 6.45) is 3.67. The van der Waals surface area contributed by atoms with Crippen LogP contribution in [-0.4, -0.2) is 69.3 Å². The van der Waals surface area contributed by atoms with Crippen molar-refractivity contribution < 1.29 is 13.6 Å². The smallest absolute Gasteiger partial charge is 0.251 e. The van der Waals surface area contributed by atoms with Crippen molar-refractivity contribution in [2.24, 2.45) is 5.92 Å². The summed E-state index contributed by atoms with van der Waals surface area (Å²) < 4.78 is 26.3. The van der Waals surface area contributed by atoms with E-state index in [4.69, 9.17) is 0 Å². The molecular formula is C14H21F2N5O. The van der Waals surface area contributed by atoms with E-state index >= 15 is 0 Å². The van der Waals surface area contributed by atoms with Crippen LogP contribution in [0.3, 0.4) is 0 Å². The molecule has 2 fully saturated rings. The van der Waals surface area contributed by atoms with E-state index in [2.05, 4.69) is 15.1 Å².